The number of aromatic nitrogens is 1. The molecule has 1 N–H and O–H groups in total. The normalized spacial score (nSPS) is 22.4. The number of benzene rings is 1. The Kier molecular flexibility index (Phi) is 6.25. The molecule has 2 fully saturated rings. The predicted octanol–water partition coefficient (Wildman–Crippen LogP) is 3.05. The van der Waals surface area contributed by atoms with Gasteiger partial charge in [0.1, 0.15) is 0 Å². The van der Waals surface area contributed by atoms with Crippen LogP contribution in [-0.2, 0) is 13.1 Å². The summed E-state index contributed by atoms with van der Waals surface area (Å²) >= 11 is 0. The molecule has 2 aromatic rings. The Morgan fingerprint density at radius 1 is 1.00 bits per heavy atom. The molecular weight excluding hydrogens is 360 g/mol. The number of aliphatic hydroxyl groups is 1. The first-order valence-electron chi connectivity index (χ1n) is 10.6. The van der Waals surface area contributed by atoms with Crippen LogP contribution < -0.4 is 0 Å². The maximum Gasteiger partial charge on any atom is 0.0991 e. The molecule has 0 aliphatic carbocycles. The fraction of sp³-hybridized carbons (Fsp3) is 0.500. The van der Waals surface area contributed by atoms with Gasteiger partial charge in [0.05, 0.1) is 11.6 Å². The van der Waals surface area contributed by atoms with E-state index in [1.807, 2.05) is 30.6 Å². The van der Waals surface area contributed by atoms with E-state index in [2.05, 4.69) is 39.1 Å². The Labute approximate surface area is 173 Å². The van der Waals surface area contributed by atoms with Crippen LogP contribution in [0.2, 0.25) is 0 Å². The second-order valence-corrected chi connectivity index (χ2v) is 8.67. The third-order valence-corrected chi connectivity index (χ3v) is 6.96. The fourth-order valence-corrected chi connectivity index (χ4v) is 5.14. The van der Waals surface area contributed by atoms with Gasteiger partial charge in [-0.25, -0.2) is 0 Å². The number of piperidine rings is 2. The summed E-state index contributed by atoms with van der Waals surface area (Å²) in [6, 6.07) is 14.3. The average Bonchev–Trinajstić information content (AvgIpc) is 2.77. The highest BCUT2D eigenvalue weighted by Crippen LogP contribution is 2.45. The zero-order chi connectivity index (χ0) is 20.1. The third-order valence-electron chi connectivity index (χ3n) is 6.96. The number of hydrogen-bond donors (Lipinski definition) is 1. The number of likely N-dealkylation sites (tertiary alicyclic amines) is 2. The Hall–Kier alpha value is -2.26. The number of pyridine rings is 1. The highest BCUT2D eigenvalue weighted by Gasteiger charge is 2.44. The van der Waals surface area contributed by atoms with Gasteiger partial charge < -0.3 is 5.11 Å². The van der Waals surface area contributed by atoms with Crippen molar-refractivity contribution in [2.24, 2.45) is 11.3 Å². The summed E-state index contributed by atoms with van der Waals surface area (Å²) in [5.74, 6) is 0.332. The van der Waals surface area contributed by atoms with Crippen LogP contribution in [0.15, 0.2) is 48.8 Å². The van der Waals surface area contributed by atoms with Crippen LogP contribution in [0.1, 0.15) is 36.0 Å². The summed E-state index contributed by atoms with van der Waals surface area (Å²) in [4.78, 5) is 9.09. The van der Waals surface area contributed by atoms with Crippen molar-refractivity contribution in [3.05, 3.63) is 65.5 Å². The van der Waals surface area contributed by atoms with E-state index in [9.17, 15) is 5.11 Å². The highest BCUT2D eigenvalue weighted by molar-refractivity contribution is 5.32. The molecule has 3 heterocycles. The second-order valence-electron chi connectivity index (χ2n) is 8.67. The smallest absolute Gasteiger partial charge is 0.0991 e. The molecule has 1 atom stereocenters. The first-order chi connectivity index (χ1) is 14.2. The van der Waals surface area contributed by atoms with Crippen molar-refractivity contribution in [2.45, 2.75) is 32.4 Å². The zero-order valence-electron chi connectivity index (χ0n) is 17.0. The maximum absolute atomic E-state index is 10.2. The first kappa shape index (κ1) is 20.0. The molecule has 152 valence electrons. The average molecular weight is 391 g/mol. The standard InChI is InChI=1S/C24H30N4O/c25-15-21-2-1-3-22(14-21)17-28-13-8-24(23(18-28)19-29)6-11-27(12-7-24)16-20-4-9-26-10-5-20/h1-5,9-10,14,23,29H,6-8,11-13,16-19H2/t23-/m0/s1. The zero-order valence-corrected chi connectivity index (χ0v) is 17.0. The summed E-state index contributed by atoms with van der Waals surface area (Å²) in [5.41, 5.74) is 3.50. The van der Waals surface area contributed by atoms with E-state index in [1.54, 1.807) is 0 Å². The van der Waals surface area contributed by atoms with Gasteiger partial charge in [-0.1, -0.05) is 12.1 Å². The van der Waals surface area contributed by atoms with Gasteiger partial charge in [-0.2, -0.15) is 5.26 Å². The number of nitriles is 1. The molecule has 0 saturated carbocycles. The highest BCUT2D eigenvalue weighted by atomic mass is 16.3. The molecule has 1 spiro atoms. The van der Waals surface area contributed by atoms with E-state index in [1.165, 1.54) is 24.0 Å². The van der Waals surface area contributed by atoms with E-state index in [0.29, 0.717) is 5.92 Å². The van der Waals surface area contributed by atoms with Crippen molar-refractivity contribution >= 4 is 0 Å². The number of aliphatic hydroxyl groups excluding tert-OH is 1. The summed E-state index contributed by atoms with van der Waals surface area (Å²) in [7, 11) is 0. The lowest BCUT2D eigenvalue weighted by atomic mass is 9.64. The number of rotatable bonds is 5. The SMILES string of the molecule is N#Cc1cccc(CN2CCC3(CCN(Cc4ccncc4)CC3)[C@H](CO)C2)c1. The Bertz CT molecular complexity index is 839. The van der Waals surface area contributed by atoms with Crippen molar-refractivity contribution in [3.8, 4) is 6.07 Å². The Balaban J connectivity index is 1.35. The summed E-state index contributed by atoms with van der Waals surface area (Å²) in [5, 5.41) is 19.3. The molecule has 29 heavy (non-hydrogen) atoms. The van der Waals surface area contributed by atoms with Gasteiger partial charge in [0, 0.05) is 44.6 Å². The number of nitrogens with zero attached hydrogens (tertiary/aromatic N) is 4. The van der Waals surface area contributed by atoms with Crippen molar-refractivity contribution in [2.75, 3.05) is 32.8 Å². The summed E-state index contributed by atoms with van der Waals surface area (Å²) < 4.78 is 0. The molecular formula is C24H30N4O. The maximum atomic E-state index is 10.2. The van der Waals surface area contributed by atoms with Gasteiger partial charge in [-0.05, 0) is 79.7 Å². The van der Waals surface area contributed by atoms with Crippen LogP contribution in [0.25, 0.3) is 0 Å². The molecule has 5 nitrogen and oxygen atoms in total. The molecule has 2 saturated heterocycles. The Morgan fingerprint density at radius 2 is 1.69 bits per heavy atom. The molecule has 5 heteroatoms. The van der Waals surface area contributed by atoms with Gasteiger partial charge in [0.15, 0.2) is 0 Å². The van der Waals surface area contributed by atoms with E-state index >= 15 is 0 Å². The van der Waals surface area contributed by atoms with Gasteiger partial charge in [-0.3, -0.25) is 14.8 Å². The quantitative estimate of drug-likeness (QED) is 0.850. The lowest BCUT2D eigenvalue weighted by Crippen LogP contribution is -2.53. The second kappa shape index (κ2) is 9.04. The van der Waals surface area contributed by atoms with E-state index in [0.717, 1.165) is 51.3 Å². The van der Waals surface area contributed by atoms with E-state index in [-0.39, 0.29) is 12.0 Å². The monoisotopic (exact) mass is 390 g/mol. The largest absolute Gasteiger partial charge is 0.396 e. The molecule has 0 amide bonds. The van der Waals surface area contributed by atoms with E-state index < -0.39 is 0 Å². The van der Waals surface area contributed by atoms with Crippen LogP contribution >= 0.6 is 0 Å². The Morgan fingerprint density at radius 3 is 2.38 bits per heavy atom. The summed E-state index contributed by atoms with van der Waals surface area (Å²) in [6.07, 6.45) is 7.22. The van der Waals surface area contributed by atoms with Gasteiger partial charge in [-0.15, -0.1) is 0 Å². The minimum absolute atomic E-state index is 0.263. The van der Waals surface area contributed by atoms with Crippen LogP contribution in [0.4, 0.5) is 0 Å². The minimum atomic E-state index is 0.263. The fourth-order valence-electron chi connectivity index (χ4n) is 5.14. The topological polar surface area (TPSA) is 63.4 Å². The van der Waals surface area contributed by atoms with Crippen LogP contribution in [-0.4, -0.2) is 52.7 Å². The summed E-state index contributed by atoms with van der Waals surface area (Å²) in [6.45, 7) is 6.32. The van der Waals surface area contributed by atoms with Crippen LogP contribution in [0.5, 0.6) is 0 Å². The molecule has 2 aliphatic rings. The van der Waals surface area contributed by atoms with Crippen molar-refractivity contribution in [1.29, 1.82) is 5.26 Å². The third kappa shape index (κ3) is 4.67. The molecule has 1 aromatic carbocycles. The van der Waals surface area contributed by atoms with Gasteiger partial charge >= 0.3 is 0 Å². The molecule has 0 radical (unpaired) electrons. The molecule has 1 aromatic heterocycles. The van der Waals surface area contributed by atoms with Crippen LogP contribution in [0, 0.1) is 22.7 Å². The first-order valence-corrected chi connectivity index (χ1v) is 10.6. The van der Waals surface area contributed by atoms with Crippen molar-refractivity contribution in [1.82, 2.24) is 14.8 Å². The molecule has 0 unspecified atom stereocenters. The van der Waals surface area contributed by atoms with E-state index in [4.69, 9.17) is 5.26 Å². The predicted molar refractivity (Wildman–Crippen MR) is 113 cm³/mol. The lowest BCUT2D eigenvalue weighted by Gasteiger charge is -2.51. The van der Waals surface area contributed by atoms with Gasteiger partial charge in [0.2, 0.25) is 0 Å². The van der Waals surface area contributed by atoms with Crippen molar-refractivity contribution < 1.29 is 5.11 Å². The molecule has 4 rings (SSSR count). The minimum Gasteiger partial charge on any atom is -0.396 e. The molecule has 0 bridgehead atoms. The van der Waals surface area contributed by atoms with Gasteiger partial charge in [0.25, 0.3) is 0 Å². The lowest BCUT2D eigenvalue weighted by molar-refractivity contribution is -0.0450. The van der Waals surface area contributed by atoms with Crippen molar-refractivity contribution in [3.63, 3.8) is 0 Å². The van der Waals surface area contributed by atoms with Crippen LogP contribution in [0.3, 0.4) is 0 Å². The molecule has 2 aliphatic heterocycles. The number of hydrogen-bond acceptors (Lipinski definition) is 5.